The second-order valence-corrected chi connectivity index (χ2v) is 4.62. The van der Waals surface area contributed by atoms with Gasteiger partial charge in [-0.05, 0) is 32.0 Å². The van der Waals surface area contributed by atoms with Crippen LogP contribution in [-0.4, -0.2) is 36.0 Å². The van der Waals surface area contributed by atoms with Crippen LogP contribution < -0.4 is 10.5 Å². The van der Waals surface area contributed by atoms with Gasteiger partial charge in [-0.2, -0.15) is 0 Å². The molecule has 0 radical (unpaired) electrons. The van der Waals surface area contributed by atoms with Crippen molar-refractivity contribution >= 4 is 5.91 Å². The van der Waals surface area contributed by atoms with Crippen molar-refractivity contribution in [2.24, 2.45) is 11.7 Å². The van der Waals surface area contributed by atoms with Crippen LogP contribution in [0.4, 0.5) is 0 Å². The van der Waals surface area contributed by atoms with Crippen LogP contribution in [0.2, 0.25) is 0 Å². The highest BCUT2D eigenvalue weighted by atomic mass is 16.5. The lowest BCUT2D eigenvalue weighted by atomic mass is 9.96. The van der Waals surface area contributed by atoms with Crippen LogP contribution in [0.3, 0.4) is 0 Å². The number of primary amides is 1. The fourth-order valence-electron chi connectivity index (χ4n) is 2.26. The second-order valence-electron chi connectivity index (χ2n) is 4.62. The standard InChI is InChI=1S/C13H19N3O2/c1-18-12-4-2-3-11(15-12)9-16-7-5-10(6-8-16)13(14)17/h2-4,10H,5-9H2,1H3,(H2,14,17). The van der Waals surface area contributed by atoms with Crippen LogP contribution in [0.1, 0.15) is 18.5 Å². The van der Waals surface area contributed by atoms with E-state index in [-0.39, 0.29) is 11.8 Å². The van der Waals surface area contributed by atoms with E-state index in [0.29, 0.717) is 5.88 Å². The van der Waals surface area contributed by atoms with Gasteiger partial charge in [-0.1, -0.05) is 6.07 Å². The highest BCUT2D eigenvalue weighted by molar-refractivity contribution is 5.76. The van der Waals surface area contributed by atoms with Gasteiger partial charge in [0.25, 0.3) is 0 Å². The van der Waals surface area contributed by atoms with Gasteiger partial charge < -0.3 is 10.5 Å². The molecule has 1 amide bonds. The first-order chi connectivity index (χ1) is 8.69. The number of methoxy groups -OCH3 is 1. The van der Waals surface area contributed by atoms with Gasteiger partial charge >= 0.3 is 0 Å². The Hall–Kier alpha value is -1.62. The van der Waals surface area contributed by atoms with Crippen LogP contribution in [0.15, 0.2) is 18.2 Å². The molecular formula is C13H19N3O2. The molecule has 1 saturated heterocycles. The zero-order valence-electron chi connectivity index (χ0n) is 10.6. The molecule has 1 aliphatic rings. The van der Waals surface area contributed by atoms with Crippen LogP contribution in [0.5, 0.6) is 5.88 Å². The van der Waals surface area contributed by atoms with E-state index in [4.69, 9.17) is 10.5 Å². The molecule has 2 N–H and O–H groups in total. The molecule has 2 heterocycles. The minimum Gasteiger partial charge on any atom is -0.481 e. The van der Waals surface area contributed by atoms with E-state index >= 15 is 0 Å². The number of nitrogens with zero attached hydrogens (tertiary/aromatic N) is 2. The summed E-state index contributed by atoms with van der Waals surface area (Å²) in [5.41, 5.74) is 6.31. The molecule has 0 aromatic carbocycles. The fraction of sp³-hybridized carbons (Fsp3) is 0.538. The fourth-order valence-corrected chi connectivity index (χ4v) is 2.26. The second kappa shape index (κ2) is 5.82. The summed E-state index contributed by atoms with van der Waals surface area (Å²) in [5, 5.41) is 0. The lowest BCUT2D eigenvalue weighted by molar-refractivity contribution is -0.123. The molecule has 18 heavy (non-hydrogen) atoms. The SMILES string of the molecule is COc1cccc(CN2CCC(C(N)=O)CC2)n1. The summed E-state index contributed by atoms with van der Waals surface area (Å²) >= 11 is 0. The van der Waals surface area contributed by atoms with Crippen molar-refractivity contribution in [3.8, 4) is 5.88 Å². The monoisotopic (exact) mass is 249 g/mol. The highest BCUT2D eigenvalue weighted by Gasteiger charge is 2.23. The third kappa shape index (κ3) is 3.20. The summed E-state index contributed by atoms with van der Waals surface area (Å²) in [5.74, 6) is 0.508. The zero-order valence-corrected chi connectivity index (χ0v) is 10.6. The van der Waals surface area contributed by atoms with Crippen molar-refractivity contribution in [1.82, 2.24) is 9.88 Å². The number of rotatable bonds is 4. The Morgan fingerprint density at radius 2 is 2.22 bits per heavy atom. The number of amides is 1. The summed E-state index contributed by atoms with van der Waals surface area (Å²) in [4.78, 5) is 17.8. The number of nitrogens with two attached hydrogens (primary N) is 1. The van der Waals surface area contributed by atoms with E-state index in [1.807, 2.05) is 18.2 Å². The van der Waals surface area contributed by atoms with Crippen molar-refractivity contribution in [2.75, 3.05) is 20.2 Å². The first-order valence-corrected chi connectivity index (χ1v) is 6.20. The lowest BCUT2D eigenvalue weighted by Crippen LogP contribution is -2.38. The van der Waals surface area contributed by atoms with Crippen molar-refractivity contribution in [3.63, 3.8) is 0 Å². The molecule has 1 aromatic rings. The largest absolute Gasteiger partial charge is 0.481 e. The molecule has 98 valence electrons. The molecule has 0 atom stereocenters. The molecule has 5 nitrogen and oxygen atoms in total. The Labute approximate surface area is 107 Å². The van der Waals surface area contributed by atoms with Crippen LogP contribution in [0, 0.1) is 5.92 Å². The smallest absolute Gasteiger partial charge is 0.220 e. The third-order valence-corrected chi connectivity index (χ3v) is 3.37. The first-order valence-electron chi connectivity index (χ1n) is 6.20. The minimum atomic E-state index is -0.172. The summed E-state index contributed by atoms with van der Waals surface area (Å²) in [6.07, 6.45) is 1.69. The topological polar surface area (TPSA) is 68.5 Å². The van der Waals surface area contributed by atoms with Gasteiger partial charge in [0.15, 0.2) is 0 Å². The van der Waals surface area contributed by atoms with Gasteiger partial charge in [-0.3, -0.25) is 9.69 Å². The molecule has 1 fully saturated rings. The summed E-state index contributed by atoms with van der Waals surface area (Å²) in [6, 6.07) is 5.77. The number of aromatic nitrogens is 1. The maximum Gasteiger partial charge on any atom is 0.220 e. The van der Waals surface area contributed by atoms with Gasteiger partial charge in [-0.15, -0.1) is 0 Å². The number of pyridine rings is 1. The number of ether oxygens (including phenoxy) is 1. The molecule has 0 aliphatic carbocycles. The molecule has 5 heteroatoms. The van der Waals surface area contributed by atoms with Gasteiger partial charge in [0.1, 0.15) is 0 Å². The molecule has 1 aliphatic heterocycles. The first kappa shape index (κ1) is 12.8. The van der Waals surface area contributed by atoms with Crippen molar-refractivity contribution in [1.29, 1.82) is 0 Å². The van der Waals surface area contributed by atoms with E-state index in [9.17, 15) is 4.79 Å². The Bertz CT molecular complexity index is 414. The number of carbonyl (C=O) groups excluding carboxylic acids is 1. The number of hydrogen-bond acceptors (Lipinski definition) is 4. The number of hydrogen-bond donors (Lipinski definition) is 1. The molecule has 0 bridgehead atoms. The Balaban J connectivity index is 1.89. The van der Waals surface area contributed by atoms with Crippen molar-refractivity contribution in [3.05, 3.63) is 23.9 Å². The van der Waals surface area contributed by atoms with E-state index in [1.165, 1.54) is 0 Å². The zero-order chi connectivity index (χ0) is 13.0. The Morgan fingerprint density at radius 3 is 2.83 bits per heavy atom. The number of likely N-dealkylation sites (tertiary alicyclic amines) is 1. The quantitative estimate of drug-likeness (QED) is 0.856. The molecule has 2 rings (SSSR count). The Kier molecular flexibility index (Phi) is 4.15. The van der Waals surface area contributed by atoms with Crippen LogP contribution >= 0.6 is 0 Å². The van der Waals surface area contributed by atoms with Crippen LogP contribution in [0.25, 0.3) is 0 Å². The molecular weight excluding hydrogens is 230 g/mol. The summed E-state index contributed by atoms with van der Waals surface area (Å²) in [6.45, 7) is 2.58. The highest BCUT2D eigenvalue weighted by Crippen LogP contribution is 2.18. The normalized spacial score (nSPS) is 17.6. The molecule has 1 aromatic heterocycles. The predicted octanol–water partition coefficient (Wildman–Crippen LogP) is 0.787. The summed E-state index contributed by atoms with van der Waals surface area (Å²) in [7, 11) is 1.62. The van der Waals surface area contributed by atoms with Crippen LogP contribution in [-0.2, 0) is 11.3 Å². The minimum absolute atomic E-state index is 0.0412. The van der Waals surface area contributed by atoms with E-state index < -0.39 is 0 Å². The van der Waals surface area contributed by atoms with Crippen molar-refractivity contribution < 1.29 is 9.53 Å². The molecule has 0 unspecified atom stereocenters. The number of piperidine rings is 1. The predicted molar refractivity (Wildman–Crippen MR) is 68.0 cm³/mol. The van der Waals surface area contributed by atoms with E-state index in [1.54, 1.807) is 7.11 Å². The summed E-state index contributed by atoms with van der Waals surface area (Å²) < 4.78 is 5.10. The van der Waals surface area contributed by atoms with Gasteiger partial charge in [0, 0.05) is 18.5 Å². The van der Waals surface area contributed by atoms with E-state index in [2.05, 4.69) is 9.88 Å². The molecule has 0 spiro atoms. The van der Waals surface area contributed by atoms with Gasteiger partial charge in [-0.25, -0.2) is 4.98 Å². The van der Waals surface area contributed by atoms with E-state index in [0.717, 1.165) is 38.2 Å². The maximum absolute atomic E-state index is 11.1. The van der Waals surface area contributed by atoms with Gasteiger partial charge in [0.2, 0.25) is 11.8 Å². The maximum atomic E-state index is 11.1. The van der Waals surface area contributed by atoms with Crippen molar-refractivity contribution in [2.45, 2.75) is 19.4 Å². The Morgan fingerprint density at radius 1 is 1.50 bits per heavy atom. The lowest BCUT2D eigenvalue weighted by Gasteiger charge is -2.30. The average molecular weight is 249 g/mol. The third-order valence-electron chi connectivity index (χ3n) is 3.37. The van der Waals surface area contributed by atoms with Gasteiger partial charge in [0.05, 0.1) is 12.8 Å². The molecule has 0 saturated carbocycles. The average Bonchev–Trinajstić information content (AvgIpc) is 2.39. The number of carbonyl (C=O) groups is 1.